The highest BCUT2D eigenvalue weighted by atomic mass is 32.2. The molecule has 0 saturated carbocycles. The summed E-state index contributed by atoms with van der Waals surface area (Å²) in [7, 11) is 0. The first kappa shape index (κ1) is 24.9. The van der Waals surface area contributed by atoms with Crippen molar-refractivity contribution in [3.8, 4) is 17.0 Å². The number of nitrogens with one attached hydrogen (secondary N) is 1. The fraction of sp³-hybridized carbons (Fsp3) is 0.308. The summed E-state index contributed by atoms with van der Waals surface area (Å²) in [5, 5.41) is 14.7. The number of aromatic nitrogens is 4. The van der Waals surface area contributed by atoms with Gasteiger partial charge in [-0.15, -0.1) is 21.5 Å². The highest BCUT2D eigenvalue weighted by molar-refractivity contribution is 7.99. The highest BCUT2D eigenvalue weighted by Gasteiger charge is 2.15. The lowest BCUT2D eigenvalue weighted by atomic mass is 10.1. The van der Waals surface area contributed by atoms with Crippen LogP contribution in [0.5, 0.6) is 5.75 Å². The Morgan fingerprint density at radius 2 is 1.86 bits per heavy atom. The standard InChI is InChI=1S/C26H29N5O2S2/c1-6-31-23(13-33-22-11-16(2)7-8-18(22)4)29-30-26(31)35-15-24(32)28-25-27-21(14-34-25)20-10-9-17(3)19(5)12-20/h7-12,14H,6,13,15H2,1-5H3,(H,27,28,32). The Balaban J connectivity index is 1.34. The molecule has 0 aliphatic carbocycles. The van der Waals surface area contributed by atoms with Gasteiger partial charge in [0, 0.05) is 17.5 Å². The lowest BCUT2D eigenvalue weighted by Crippen LogP contribution is -2.14. The minimum Gasteiger partial charge on any atom is -0.485 e. The van der Waals surface area contributed by atoms with Gasteiger partial charge in [0.05, 0.1) is 11.4 Å². The molecule has 2 heterocycles. The highest BCUT2D eigenvalue weighted by Crippen LogP contribution is 2.27. The quantitative estimate of drug-likeness (QED) is 0.281. The molecule has 0 spiro atoms. The van der Waals surface area contributed by atoms with Crippen LogP contribution in [0.2, 0.25) is 0 Å². The number of thioether (sulfide) groups is 1. The molecule has 0 radical (unpaired) electrons. The van der Waals surface area contributed by atoms with E-state index in [2.05, 4.69) is 58.6 Å². The Hall–Kier alpha value is -3.17. The molecule has 1 amide bonds. The second kappa shape index (κ2) is 11.0. The van der Waals surface area contributed by atoms with E-state index in [0.29, 0.717) is 23.4 Å². The van der Waals surface area contributed by atoms with Gasteiger partial charge >= 0.3 is 0 Å². The van der Waals surface area contributed by atoms with Gasteiger partial charge in [-0.25, -0.2) is 4.98 Å². The summed E-state index contributed by atoms with van der Waals surface area (Å²) in [5.41, 5.74) is 6.59. The Bertz CT molecular complexity index is 1350. The molecule has 9 heteroatoms. The molecule has 4 rings (SSSR count). The van der Waals surface area contributed by atoms with Crippen LogP contribution < -0.4 is 10.1 Å². The van der Waals surface area contributed by atoms with Gasteiger partial charge in [0.1, 0.15) is 12.4 Å². The van der Waals surface area contributed by atoms with Crippen molar-refractivity contribution in [2.75, 3.05) is 11.1 Å². The molecular weight excluding hydrogens is 478 g/mol. The molecule has 0 atom stereocenters. The molecule has 4 aromatic rings. The smallest absolute Gasteiger partial charge is 0.236 e. The Morgan fingerprint density at radius 1 is 1.06 bits per heavy atom. The number of carbonyl (C=O) groups is 1. The maximum absolute atomic E-state index is 12.6. The molecule has 0 saturated heterocycles. The number of aryl methyl sites for hydroxylation is 4. The van der Waals surface area contributed by atoms with E-state index in [1.165, 1.54) is 34.2 Å². The van der Waals surface area contributed by atoms with Crippen LogP contribution in [0.25, 0.3) is 11.3 Å². The first-order chi connectivity index (χ1) is 16.8. The summed E-state index contributed by atoms with van der Waals surface area (Å²) in [6.07, 6.45) is 0. The normalized spacial score (nSPS) is 11.0. The molecule has 2 aromatic heterocycles. The summed E-state index contributed by atoms with van der Waals surface area (Å²) in [6.45, 7) is 11.3. The largest absolute Gasteiger partial charge is 0.485 e. The fourth-order valence-electron chi connectivity index (χ4n) is 3.51. The van der Waals surface area contributed by atoms with Crippen molar-refractivity contribution >= 4 is 34.1 Å². The lowest BCUT2D eigenvalue weighted by Gasteiger charge is -2.11. The lowest BCUT2D eigenvalue weighted by molar-refractivity contribution is -0.113. The molecule has 2 aromatic carbocycles. The first-order valence-electron chi connectivity index (χ1n) is 11.4. The number of thiazole rings is 1. The number of ether oxygens (including phenoxy) is 1. The van der Waals surface area contributed by atoms with E-state index in [0.717, 1.165) is 34.0 Å². The van der Waals surface area contributed by atoms with Crippen molar-refractivity contribution in [2.24, 2.45) is 0 Å². The number of amides is 1. The van der Waals surface area contributed by atoms with E-state index in [1.54, 1.807) is 0 Å². The van der Waals surface area contributed by atoms with Gasteiger partial charge < -0.3 is 14.6 Å². The zero-order chi connectivity index (χ0) is 24.9. The summed E-state index contributed by atoms with van der Waals surface area (Å²) in [5.74, 6) is 1.66. The molecule has 1 N–H and O–H groups in total. The van der Waals surface area contributed by atoms with Crippen LogP contribution >= 0.6 is 23.1 Å². The maximum Gasteiger partial charge on any atom is 0.236 e. The van der Waals surface area contributed by atoms with Crippen molar-refractivity contribution in [2.45, 2.75) is 52.9 Å². The second-order valence-corrected chi connectivity index (χ2v) is 10.2. The van der Waals surface area contributed by atoms with Crippen LogP contribution in [-0.2, 0) is 17.9 Å². The van der Waals surface area contributed by atoms with Gasteiger partial charge in [0.2, 0.25) is 5.91 Å². The first-order valence-corrected chi connectivity index (χ1v) is 13.3. The fourth-order valence-corrected chi connectivity index (χ4v) is 5.06. The van der Waals surface area contributed by atoms with Crippen molar-refractivity contribution in [1.82, 2.24) is 19.7 Å². The van der Waals surface area contributed by atoms with Gasteiger partial charge in [-0.2, -0.15) is 0 Å². The summed E-state index contributed by atoms with van der Waals surface area (Å²) >= 11 is 2.77. The van der Waals surface area contributed by atoms with Crippen LogP contribution in [0.15, 0.2) is 46.9 Å². The van der Waals surface area contributed by atoms with Gasteiger partial charge in [0.25, 0.3) is 0 Å². The average Bonchev–Trinajstić information content (AvgIpc) is 3.46. The van der Waals surface area contributed by atoms with Crippen LogP contribution in [0.1, 0.15) is 35.0 Å². The molecule has 0 bridgehead atoms. The number of carbonyl (C=O) groups excluding carboxylic acids is 1. The monoisotopic (exact) mass is 507 g/mol. The molecule has 0 unspecified atom stereocenters. The van der Waals surface area contributed by atoms with Crippen LogP contribution in [0.3, 0.4) is 0 Å². The number of hydrogen-bond acceptors (Lipinski definition) is 7. The summed E-state index contributed by atoms with van der Waals surface area (Å²) in [6, 6.07) is 12.4. The van der Waals surface area contributed by atoms with Crippen molar-refractivity contribution < 1.29 is 9.53 Å². The van der Waals surface area contributed by atoms with Gasteiger partial charge in [-0.1, -0.05) is 36.0 Å². The molecule has 0 aliphatic rings. The molecule has 35 heavy (non-hydrogen) atoms. The third-order valence-electron chi connectivity index (χ3n) is 5.70. The predicted octanol–water partition coefficient (Wildman–Crippen LogP) is 5.96. The van der Waals surface area contributed by atoms with Crippen molar-refractivity contribution in [3.05, 3.63) is 69.9 Å². The van der Waals surface area contributed by atoms with E-state index in [-0.39, 0.29) is 11.7 Å². The van der Waals surface area contributed by atoms with E-state index in [1.807, 2.05) is 42.9 Å². The third kappa shape index (κ3) is 6.10. The predicted molar refractivity (Wildman–Crippen MR) is 142 cm³/mol. The number of benzene rings is 2. The molecule has 182 valence electrons. The minimum atomic E-state index is -0.130. The zero-order valence-electron chi connectivity index (χ0n) is 20.6. The van der Waals surface area contributed by atoms with Crippen LogP contribution in [-0.4, -0.2) is 31.4 Å². The molecule has 0 aliphatic heterocycles. The summed E-state index contributed by atoms with van der Waals surface area (Å²) in [4.78, 5) is 17.1. The number of hydrogen-bond donors (Lipinski definition) is 1. The Morgan fingerprint density at radius 3 is 2.63 bits per heavy atom. The minimum absolute atomic E-state index is 0.130. The van der Waals surface area contributed by atoms with E-state index < -0.39 is 0 Å². The number of nitrogens with zero attached hydrogens (tertiary/aromatic N) is 4. The van der Waals surface area contributed by atoms with Gasteiger partial charge in [-0.3, -0.25) is 4.79 Å². The van der Waals surface area contributed by atoms with E-state index >= 15 is 0 Å². The van der Waals surface area contributed by atoms with Gasteiger partial charge in [-0.05, 0) is 69.0 Å². The average molecular weight is 508 g/mol. The topological polar surface area (TPSA) is 81.9 Å². The van der Waals surface area contributed by atoms with E-state index in [4.69, 9.17) is 4.74 Å². The number of rotatable bonds is 9. The number of anilines is 1. The SMILES string of the molecule is CCn1c(COc2cc(C)ccc2C)nnc1SCC(=O)Nc1nc(-c2ccc(C)c(C)c2)cs1. The van der Waals surface area contributed by atoms with Crippen molar-refractivity contribution in [3.63, 3.8) is 0 Å². The Kier molecular flexibility index (Phi) is 7.87. The molecule has 0 fully saturated rings. The maximum atomic E-state index is 12.6. The van der Waals surface area contributed by atoms with Crippen LogP contribution in [0, 0.1) is 27.7 Å². The third-order valence-corrected chi connectivity index (χ3v) is 7.42. The molecule has 7 nitrogen and oxygen atoms in total. The molecular formula is C26H29N5O2S2. The van der Waals surface area contributed by atoms with Crippen LogP contribution in [0.4, 0.5) is 5.13 Å². The second-order valence-electron chi connectivity index (χ2n) is 8.37. The van der Waals surface area contributed by atoms with Gasteiger partial charge in [0.15, 0.2) is 16.1 Å². The van der Waals surface area contributed by atoms with E-state index in [9.17, 15) is 4.79 Å². The summed E-state index contributed by atoms with van der Waals surface area (Å²) < 4.78 is 7.97. The zero-order valence-corrected chi connectivity index (χ0v) is 22.2. The Labute approximate surface area is 214 Å². The van der Waals surface area contributed by atoms with Crippen molar-refractivity contribution in [1.29, 1.82) is 0 Å².